The minimum Gasteiger partial charge on any atom is -0.380 e. The number of benzene rings is 2. The molecule has 158 valence electrons. The molecule has 0 radical (unpaired) electrons. The molecule has 6 nitrogen and oxygen atoms in total. The molecule has 3 N–H and O–H groups in total. The van der Waals surface area contributed by atoms with Gasteiger partial charge in [-0.3, -0.25) is 4.99 Å². The molecule has 0 spiro atoms. The summed E-state index contributed by atoms with van der Waals surface area (Å²) < 4.78 is 23.5. The van der Waals surface area contributed by atoms with Crippen molar-refractivity contribution in [1.82, 2.24) is 10.6 Å². The summed E-state index contributed by atoms with van der Waals surface area (Å²) >= 11 is 0. The van der Waals surface area contributed by atoms with Crippen LogP contribution in [0.4, 0.5) is 5.69 Å². The molecule has 2 aromatic carbocycles. The molecule has 0 heterocycles. The molecule has 0 fully saturated rings. The van der Waals surface area contributed by atoms with E-state index in [4.69, 9.17) is 0 Å². The normalized spacial score (nSPS) is 13.2. The van der Waals surface area contributed by atoms with E-state index in [1.54, 1.807) is 13.1 Å². The van der Waals surface area contributed by atoms with Gasteiger partial charge in [0.05, 0.1) is 4.90 Å². The first-order valence-corrected chi connectivity index (χ1v) is 11.7. The zero-order valence-corrected chi connectivity index (χ0v) is 18.7. The van der Waals surface area contributed by atoms with Gasteiger partial charge in [0.2, 0.25) is 0 Å². The highest BCUT2D eigenvalue weighted by Gasteiger charge is 2.14. The zero-order valence-electron chi connectivity index (χ0n) is 17.9. The molecule has 29 heavy (non-hydrogen) atoms. The number of anilines is 1. The predicted octanol–water partition coefficient (Wildman–Crippen LogP) is 3.20. The van der Waals surface area contributed by atoms with Crippen LogP contribution in [-0.4, -0.2) is 40.3 Å². The molecule has 0 bridgehead atoms. The van der Waals surface area contributed by atoms with Crippen molar-refractivity contribution in [3.63, 3.8) is 0 Å². The number of hydrogen-bond acceptors (Lipinski definition) is 4. The van der Waals surface area contributed by atoms with Gasteiger partial charge in [0.15, 0.2) is 15.8 Å². The SMILES string of the molecule is CN=C(NCc1ccc(S(C)(=O)=O)c(C)c1)NCC(Nc1ccccc1)C(C)C. The van der Waals surface area contributed by atoms with Gasteiger partial charge in [0.25, 0.3) is 0 Å². The smallest absolute Gasteiger partial charge is 0.191 e. The molecule has 0 saturated carbocycles. The molecule has 1 atom stereocenters. The molecule has 0 amide bonds. The molecule has 7 heteroatoms. The Morgan fingerprint density at radius 3 is 2.31 bits per heavy atom. The average molecular weight is 417 g/mol. The van der Waals surface area contributed by atoms with E-state index >= 15 is 0 Å². The van der Waals surface area contributed by atoms with Gasteiger partial charge in [-0.05, 0) is 42.2 Å². The number of hydrogen-bond donors (Lipinski definition) is 3. The van der Waals surface area contributed by atoms with Crippen molar-refractivity contribution in [2.75, 3.05) is 25.2 Å². The van der Waals surface area contributed by atoms with E-state index in [2.05, 4.69) is 46.9 Å². The summed E-state index contributed by atoms with van der Waals surface area (Å²) in [7, 11) is -1.46. The van der Waals surface area contributed by atoms with Crippen molar-refractivity contribution >= 4 is 21.5 Å². The minimum atomic E-state index is -3.20. The average Bonchev–Trinajstić information content (AvgIpc) is 2.66. The van der Waals surface area contributed by atoms with E-state index in [9.17, 15) is 8.42 Å². The monoisotopic (exact) mass is 416 g/mol. The topological polar surface area (TPSA) is 82.6 Å². The van der Waals surface area contributed by atoms with Gasteiger partial charge in [-0.1, -0.05) is 44.2 Å². The summed E-state index contributed by atoms with van der Waals surface area (Å²) in [5.74, 6) is 1.14. The Labute approximate surface area is 174 Å². The fraction of sp³-hybridized carbons (Fsp3) is 0.409. The van der Waals surface area contributed by atoms with E-state index in [0.717, 1.165) is 23.4 Å². The maximum absolute atomic E-state index is 11.8. The van der Waals surface area contributed by atoms with E-state index in [1.165, 1.54) is 6.26 Å². The second kappa shape index (κ2) is 10.3. The summed E-state index contributed by atoms with van der Waals surface area (Å²) in [6.45, 7) is 7.46. The van der Waals surface area contributed by atoms with E-state index < -0.39 is 9.84 Å². The van der Waals surface area contributed by atoms with E-state index in [-0.39, 0.29) is 6.04 Å². The van der Waals surface area contributed by atoms with Gasteiger partial charge in [-0.2, -0.15) is 0 Å². The molecular formula is C22H32N4O2S. The summed E-state index contributed by atoms with van der Waals surface area (Å²) in [6, 6.07) is 15.8. The molecule has 0 aliphatic heterocycles. The van der Waals surface area contributed by atoms with Gasteiger partial charge >= 0.3 is 0 Å². The van der Waals surface area contributed by atoms with Crippen LogP contribution in [0.2, 0.25) is 0 Å². The number of para-hydroxylation sites is 1. The Morgan fingerprint density at radius 1 is 1.07 bits per heavy atom. The standard InChI is InChI=1S/C22H32N4O2S/c1-16(2)20(26-19-9-7-6-8-10-19)15-25-22(23-4)24-14-18-11-12-21(17(3)13-18)29(5,27)28/h6-13,16,20,26H,14-15H2,1-5H3,(H2,23,24,25). The Bertz CT molecular complexity index is 925. The van der Waals surface area contributed by atoms with E-state index in [0.29, 0.717) is 23.3 Å². The first kappa shape index (κ1) is 22.7. The Kier molecular flexibility index (Phi) is 8.08. The summed E-state index contributed by atoms with van der Waals surface area (Å²) in [6.07, 6.45) is 1.23. The number of rotatable bonds is 8. The van der Waals surface area contributed by atoms with Crippen LogP contribution in [0, 0.1) is 12.8 Å². The van der Waals surface area contributed by atoms with Crippen LogP contribution >= 0.6 is 0 Å². The third-order valence-electron chi connectivity index (χ3n) is 4.74. The van der Waals surface area contributed by atoms with Crippen LogP contribution in [0.15, 0.2) is 58.4 Å². The highest BCUT2D eigenvalue weighted by atomic mass is 32.2. The van der Waals surface area contributed by atoms with Gasteiger partial charge in [-0.25, -0.2) is 8.42 Å². The number of nitrogens with one attached hydrogen (secondary N) is 3. The fourth-order valence-electron chi connectivity index (χ4n) is 3.05. The van der Waals surface area contributed by atoms with Gasteiger partial charge in [0.1, 0.15) is 0 Å². The number of aryl methyl sites for hydroxylation is 1. The first-order valence-electron chi connectivity index (χ1n) is 9.76. The fourth-order valence-corrected chi connectivity index (χ4v) is 4.01. The van der Waals surface area contributed by atoms with Crippen molar-refractivity contribution in [3.05, 3.63) is 59.7 Å². The third-order valence-corrected chi connectivity index (χ3v) is 6.00. The van der Waals surface area contributed by atoms with Gasteiger partial charge in [-0.15, -0.1) is 0 Å². The minimum absolute atomic E-state index is 0.243. The second-order valence-corrected chi connectivity index (χ2v) is 9.52. The molecular weight excluding hydrogens is 384 g/mol. The second-order valence-electron chi connectivity index (χ2n) is 7.54. The predicted molar refractivity (Wildman–Crippen MR) is 121 cm³/mol. The zero-order chi connectivity index (χ0) is 21.4. The Hall–Kier alpha value is -2.54. The largest absolute Gasteiger partial charge is 0.380 e. The lowest BCUT2D eigenvalue weighted by Gasteiger charge is -2.25. The summed E-state index contributed by atoms with van der Waals surface area (Å²) in [4.78, 5) is 4.66. The number of guanidine groups is 1. The van der Waals surface area contributed by atoms with Crippen LogP contribution in [0.3, 0.4) is 0 Å². The highest BCUT2D eigenvalue weighted by Crippen LogP contribution is 2.16. The molecule has 0 aliphatic carbocycles. The summed E-state index contributed by atoms with van der Waals surface area (Å²) in [5, 5.41) is 10.2. The van der Waals surface area contributed by atoms with Crippen LogP contribution in [-0.2, 0) is 16.4 Å². The van der Waals surface area contributed by atoms with E-state index in [1.807, 2.05) is 37.3 Å². The summed E-state index contributed by atoms with van der Waals surface area (Å²) in [5.41, 5.74) is 2.85. The number of sulfone groups is 1. The van der Waals surface area contributed by atoms with Crippen molar-refractivity contribution in [2.24, 2.45) is 10.9 Å². The molecule has 0 aliphatic rings. The van der Waals surface area contributed by atoms with Crippen molar-refractivity contribution in [2.45, 2.75) is 38.3 Å². The maximum atomic E-state index is 11.8. The third kappa shape index (κ3) is 7.09. The van der Waals surface area contributed by atoms with Crippen molar-refractivity contribution in [1.29, 1.82) is 0 Å². The lowest BCUT2D eigenvalue weighted by Crippen LogP contribution is -2.44. The van der Waals surface area contributed by atoms with Crippen LogP contribution in [0.5, 0.6) is 0 Å². The quantitative estimate of drug-likeness (QED) is 0.455. The van der Waals surface area contributed by atoms with Crippen LogP contribution < -0.4 is 16.0 Å². The van der Waals surface area contributed by atoms with Crippen molar-refractivity contribution in [3.8, 4) is 0 Å². The molecule has 2 rings (SSSR count). The van der Waals surface area contributed by atoms with Gasteiger partial charge in [0, 0.05) is 38.1 Å². The maximum Gasteiger partial charge on any atom is 0.191 e. The van der Waals surface area contributed by atoms with Gasteiger partial charge < -0.3 is 16.0 Å². The lowest BCUT2D eigenvalue weighted by atomic mass is 10.0. The van der Waals surface area contributed by atoms with Crippen LogP contribution in [0.1, 0.15) is 25.0 Å². The first-order chi connectivity index (χ1) is 13.7. The Morgan fingerprint density at radius 2 is 1.76 bits per heavy atom. The molecule has 1 unspecified atom stereocenters. The molecule has 0 aromatic heterocycles. The van der Waals surface area contributed by atoms with Crippen LogP contribution in [0.25, 0.3) is 0 Å². The highest BCUT2D eigenvalue weighted by molar-refractivity contribution is 7.90. The number of nitrogens with zero attached hydrogens (tertiary/aromatic N) is 1. The number of aliphatic imine (C=N–C) groups is 1. The molecule has 0 saturated heterocycles. The Balaban J connectivity index is 1.94. The van der Waals surface area contributed by atoms with Crippen molar-refractivity contribution < 1.29 is 8.42 Å². The molecule has 2 aromatic rings. The lowest BCUT2D eigenvalue weighted by molar-refractivity contribution is 0.512.